The number of amides is 1. The molecule has 3 rings (SSSR count). The quantitative estimate of drug-likeness (QED) is 0.635. The second kappa shape index (κ2) is 7.89. The predicted molar refractivity (Wildman–Crippen MR) is 94.3 cm³/mol. The Bertz CT molecular complexity index is 838. The molecule has 0 atom stereocenters. The Hall–Kier alpha value is -2.74. The summed E-state index contributed by atoms with van der Waals surface area (Å²) in [6, 6.07) is 15.3. The molecule has 128 valence electrons. The molecule has 25 heavy (non-hydrogen) atoms. The third kappa shape index (κ3) is 4.03. The summed E-state index contributed by atoms with van der Waals surface area (Å²) in [6.45, 7) is 2.37. The minimum Gasteiger partial charge on any atom is -0.312 e. The fourth-order valence-electron chi connectivity index (χ4n) is 2.33. The molecule has 3 aromatic rings. The zero-order valence-electron chi connectivity index (χ0n) is 13.5. The molecule has 0 saturated heterocycles. The third-order valence-corrected chi connectivity index (χ3v) is 4.43. The number of nitrogens with zero attached hydrogens (tertiary/aromatic N) is 5. The number of hydrogen-bond donors (Lipinski definition) is 0. The van der Waals surface area contributed by atoms with Gasteiger partial charge in [0.1, 0.15) is 5.82 Å². The van der Waals surface area contributed by atoms with Crippen LogP contribution in [0.1, 0.15) is 6.92 Å². The Morgan fingerprint density at radius 3 is 2.56 bits per heavy atom. The van der Waals surface area contributed by atoms with Crippen LogP contribution in [0.2, 0.25) is 0 Å². The monoisotopic (exact) mass is 357 g/mol. The Morgan fingerprint density at radius 2 is 1.88 bits per heavy atom. The van der Waals surface area contributed by atoms with Gasteiger partial charge in [0, 0.05) is 12.2 Å². The summed E-state index contributed by atoms with van der Waals surface area (Å²) in [5.74, 6) is -0.247. The Balaban J connectivity index is 1.70. The lowest BCUT2D eigenvalue weighted by Gasteiger charge is -2.20. The number of anilines is 1. The van der Waals surface area contributed by atoms with E-state index in [-0.39, 0.29) is 17.5 Å². The summed E-state index contributed by atoms with van der Waals surface area (Å²) < 4.78 is 14.7. The van der Waals surface area contributed by atoms with Crippen LogP contribution in [0.15, 0.2) is 59.8 Å². The number of carbonyl (C=O) groups excluding carboxylic acids is 1. The molecule has 0 unspecified atom stereocenters. The topological polar surface area (TPSA) is 63.9 Å². The summed E-state index contributed by atoms with van der Waals surface area (Å²) in [7, 11) is 0. The zero-order chi connectivity index (χ0) is 17.6. The van der Waals surface area contributed by atoms with E-state index in [2.05, 4.69) is 15.5 Å². The van der Waals surface area contributed by atoms with Crippen LogP contribution in [0.25, 0.3) is 5.69 Å². The van der Waals surface area contributed by atoms with Gasteiger partial charge in [0.15, 0.2) is 0 Å². The van der Waals surface area contributed by atoms with Gasteiger partial charge in [-0.3, -0.25) is 4.79 Å². The van der Waals surface area contributed by atoms with E-state index in [4.69, 9.17) is 0 Å². The van der Waals surface area contributed by atoms with Crippen LogP contribution >= 0.6 is 11.8 Å². The maximum atomic E-state index is 13.1. The smallest absolute Gasteiger partial charge is 0.237 e. The van der Waals surface area contributed by atoms with Gasteiger partial charge in [-0.2, -0.15) is 4.68 Å². The molecule has 0 aliphatic carbocycles. The van der Waals surface area contributed by atoms with E-state index >= 15 is 0 Å². The predicted octanol–water partition coefficient (Wildman–Crippen LogP) is 2.95. The molecule has 0 saturated carbocycles. The lowest BCUT2D eigenvalue weighted by atomic mass is 10.3. The molecule has 0 spiro atoms. The van der Waals surface area contributed by atoms with Crippen molar-refractivity contribution in [3.05, 3.63) is 60.4 Å². The lowest BCUT2D eigenvalue weighted by Crippen LogP contribution is -2.32. The summed E-state index contributed by atoms with van der Waals surface area (Å²) in [6.07, 6.45) is 0. The van der Waals surface area contributed by atoms with Crippen molar-refractivity contribution in [2.45, 2.75) is 12.1 Å². The fourth-order valence-corrected chi connectivity index (χ4v) is 3.10. The number of para-hydroxylation sites is 1. The molecule has 0 bridgehead atoms. The van der Waals surface area contributed by atoms with Gasteiger partial charge in [0.05, 0.1) is 11.4 Å². The van der Waals surface area contributed by atoms with E-state index in [1.54, 1.807) is 21.7 Å². The van der Waals surface area contributed by atoms with Crippen LogP contribution in [-0.2, 0) is 4.79 Å². The number of aromatic nitrogens is 4. The van der Waals surface area contributed by atoms with Gasteiger partial charge in [0.25, 0.3) is 0 Å². The van der Waals surface area contributed by atoms with E-state index in [9.17, 15) is 9.18 Å². The van der Waals surface area contributed by atoms with E-state index in [0.29, 0.717) is 17.4 Å². The van der Waals surface area contributed by atoms with Crippen molar-refractivity contribution in [1.82, 2.24) is 20.2 Å². The third-order valence-electron chi connectivity index (χ3n) is 3.52. The standard InChI is InChI=1S/C17H16FN5OS/c1-2-22(14-10-8-13(18)9-11-14)16(24)12-25-17-19-20-21-23(17)15-6-4-3-5-7-15/h3-11H,2,12H2,1H3. The van der Waals surface area contributed by atoms with E-state index in [1.165, 1.54) is 23.9 Å². The number of hydrogen-bond acceptors (Lipinski definition) is 5. The van der Waals surface area contributed by atoms with Crippen LogP contribution in [0.4, 0.5) is 10.1 Å². The second-order valence-electron chi connectivity index (χ2n) is 5.11. The Kier molecular flexibility index (Phi) is 5.39. The van der Waals surface area contributed by atoms with E-state index in [1.807, 2.05) is 37.3 Å². The van der Waals surface area contributed by atoms with Gasteiger partial charge in [-0.15, -0.1) is 5.10 Å². The second-order valence-corrected chi connectivity index (χ2v) is 6.05. The van der Waals surface area contributed by atoms with Crippen LogP contribution in [0.3, 0.4) is 0 Å². The maximum Gasteiger partial charge on any atom is 0.237 e. The van der Waals surface area contributed by atoms with E-state index < -0.39 is 0 Å². The highest BCUT2D eigenvalue weighted by Gasteiger charge is 2.17. The van der Waals surface area contributed by atoms with Crippen molar-refractivity contribution in [3.63, 3.8) is 0 Å². The van der Waals surface area contributed by atoms with Gasteiger partial charge in [-0.1, -0.05) is 30.0 Å². The van der Waals surface area contributed by atoms with Crippen LogP contribution in [0.5, 0.6) is 0 Å². The van der Waals surface area contributed by atoms with Crippen LogP contribution in [-0.4, -0.2) is 38.4 Å². The van der Waals surface area contributed by atoms with Crippen molar-refractivity contribution in [3.8, 4) is 5.69 Å². The average Bonchev–Trinajstić information content (AvgIpc) is 3.11. The van der Waals surface area contributed by atoms with Crippen molar-refractivity contribution in [1.29, 1.82) is 0 Å². The summed E-state index contributed by atoms with van der Waals surface area (Å²) in [4.78, 5) is 14.1. The molecule has 8 heteroatoms. The molecule has 0 aliphatic heterocycles. The number of tetrazole rings is 1. The van der Waals surface area contributed by atoms with Gasteiger partial charge < -0.3 is 4.90 Å². The maximum absolute atomic E-state index is 13.1. The summed E-state index contributed by atoms with van der Waals surface area (Å²) >= 11 is 1.26. The molecule has 0 radical (unpaired) electrons. The number of rotatable bonds is 6. The van der Waals surface area contributed by atoms with E-state index in [0.717, 1.165) is 5.69 Å². The normalized spacial score (nSPS) is 10.6. The Morgan fingerprint density at radius 1 is 1.16 bits per heavy atom. The summed E-state index contributed by atoms with van der Waals surface area (Å²) in [5.41, 5.74) is 1.49. The number of halogens is 1. The first kappa shape index (κ1) is 17.1. The first-order valence-electron chi connectivity index (χ1n) is 7.71. The first-order chi connectivity index (χ1) is 12.2. The van der Waals surface area contributed by atoms with Crippen molar-refractivity contribution in [2.24, 2.45) is 0 Å². The SMILES string of the molecule is CCN(C(=O)CSc1nnnn1-c1ccccc1)c1ccc(F)cc1. The van der Waals surface area contributed by atoms with Crippen molar-refractivity contribution in [2.75, 3.05) is 17.2 Å². The highest BCUT2D eigenvalue weighted by atomic mass is 32.2. The molecule has 0 aliphatic rings. The molecule has 1 amide bonds. The van der Waals surface area contributed by atoms with Crippen LogP contribution in [0, 0.1) is 5.82 Å². The van der Waals surface area contributed by atoms with Gasteiger partial charge in [-0.25, -0.2) is 4.39 Å². The lowest BCUT2D eigenvalue weighted by molar-refractivity contribution is -0.116. The number of benzene rings is 2. The number of carbonyl (C=O) groups is 1. The van der Waals surface area contributed by atoms with Crippen molar-refractivity contribution >= 4 is 23.4 Å². The fraction of sp³-hybridized carbons (Fsp3) is 0.176. The Labute approximate surface area is 148 Å². The molecular weight excluding hydrogens is 341 g/mol. The minimum atomic E-state index is -0.330. The minimum absolute atomic E-state index is 0.0956. The molecule has 1 aromatic heterocycles. The largest absolute Gasteiger partial charge is 0.312 e. The van der Waals surface area contributed by atoms with Gasteiger partial charge in [-0.05, 0) is 53.7 Å². The summed E-state index contributed by atoms with van der Waals surface area (Å²) in [5, 5.41) is 12.2. The number of thioether (sulfide) groups is 1. The van der Waals surface area contributed by atoms with Gasteiger partial charge >= 0.3 is 0 Å². The molecule has 0 fully saturated rings. The highest BCUT2D eigenvalue weighted by Crippen LogP contribution is 2.21. The highest BCUT2D eigenvalue weighted by molar-refractivity contribution is 7.99. The van der Waals surface area contributed by atoms with Gasteiger partial charge in [0.2, 0.25) is 11.1 Å². The zero-order valence-corrected chi connectivity index (χ0v) is 14.4. The molecular formula is C17H16FN5OS. The van der Waals surface area contributed by atoms with Crippen LogP contribution < -0.4 is 4.90 Å². The molecule has 6 nitrogen and oxygen atoms in total. The molecule has 1 heterocycles. The first-order valence-corrected chi connectivity index (χ1v) is 8.70. The van der Waals surface area contributed by atoms with Crippen molar-refractivity contribution < 1.29 is 9.18 Å². The average molecular weight is 357 g/mol. The molecule has 0 N–H and O–H groups in total. The molecule has 2 aromatic carbocycles.